The third-order valence-electron chi connectivity index (χ3n) is 1.60. The van der Waals surface area contributed by atoms with E-state index < -0.39 is 0 Å². The number of hydrogen-bond donors (Lipinski definition) is 1. The summed E-state index contributed by atoms with van der Waals surface area (Å²) in [6.07, 6.45) is 3.60. The average Bonchev–Trinajstić information content (AvgIpc) is 2.34. The Labute approximate surface area is 62.5 Å². The number of H-pyrrole nitrogens is 1. The molecule has 1 N–H and O–H groups in total. The first-order valence-electron chi connectivity index (χ1n) is 3.31. The highest BCUT2D eigenvalue weighted by atomic mass is 16.1. The molecule has 11 heavy (non-hydrogen) atoms. The van der Waals surface area contributed by atoms with Crippen LogP contribution in [-0.4, -0.2) is 14.4 Å². The quantitative estimate of drug-likeness (QED) is 0.586. The molecule has 0 amide bonds. The topological polar surface area (TPSA) is 50.2 Å². The Hall–Kier alpha value is -1.58. The molecule has 0 atom stereocenters. The van der Waals surface area contributed by atoms with Crippen molar-refractivity contribution < 1.29 is 0 Å². The van der Waals surface area contributed by atoms with Crippen LogP contribution in [0.4, 0.5) is 0 Å². The van der Waals surface area contributed by atoms with Crippen LogP contribution in [-0.2, 0) is 0 Å². The average molecular weight is 149 g/mol. The van der Waals surface area contributed by atoms with Gasteiger partial charge in [-0.25, -0.2) is 0 Å². The first kappa shape index (κ1) is 6.15. The highest BCUT2D eigenvalue weighted by molar-refractivity contribution is 5.36. The van der Waals surface area contributed by atoms with Gasteiger partial charge in [-0.1, -0.05) is 0 Å². The van der Waals surface area contributed by atoms with E-state index in [1.807, 2.05) is 10.6 Å². The Bertz CT molecular complexity index is 440. The number of aryl methyl sites for hydroxylation is 1. The summed E-state index contributed by atoms with van der Waals surface area (Å²) in [5.74, 6) is 0.703. The van der Waals surface area contributed by atoms with Gasteiger partial charge in [-0.2, -0.15) is 4.98 Å². The molecule has 2 aromatic rings. The second-order valence-electron chi connectivity index (χ2n) is 2.36. The van der Waals surface area contributed by atoms with E-state index in [0.29, 0.717) is 5.82 Å². The number of aromatic nitrogens is 3. The van der Waals surface area contributed by atoms with Gasteiger partial charge in [0.05, 0.1) is 0 Å². The Kier molecular flexibility index (Phi) is 1.09. The van der Waals surface area contributed by atoms with Crippen molar-refractivity contribution in [1.82, 2.24) is 14.4 Å². The fourth-order valence-electron chi connectivity index (χ4n) is 1.10. The molecule has 4 heteroatoms. The lowest BCUT2D eigenvalue weighted by Gasteiger charge is -1.94. The minimum absolute atomic E-state index is 0.204. The molecule has 0 fully saturated rings. The number of aromatic amines is 1. The summed E-state index contributed by atoms with van der Waals surface area (Å²) in [6.45, 7) is 1.79. The minimum Gasteiger partial charge on any atom is -0.346 e. The van der Waals surface area contributed by atoms with Gasteiger partial charge < -0.3 is 4.98 Å². The number of fused-ring (bicyclic) bond motifs is 1. The molecular formula is C7H7N3O. The Morgan fingerprint density at radius 2 is 2.45 bits per heavy atom. The van der Waals surface area contributed by atoms with Gasteiger partial charge in [0.2, 0.25) is 0 Å². The number of nitrogens with one attached hydrogen (secondary N) is 1. The lowest BCUT2D eigenvalue weighted by molar-refractivity contribution is 0.965. The van der Waals surface area contributed by atoms with Crippen LogP contribution in [0, 0.1) is 6.92 Å². The maximum absolute atomic E-state index is 10.9. The number of nitrogens with zero attached hydrogens (tertiary/aromatic N) is 2. The van der Waals surface area contributed by atoms with Crippen LogP contribution in [0.1, 0.15) is 5.82 Å². The standard InChI is InChI=1S/C7H7N3O/c1-5-9-7(11)4-6-8-2-3-10(5)6/h2-4,8H,1H3. The molecule has 56 valence electrons. The van der Waals surface area contributed by atoms with E-state index in [9.17, 15) is 4.79 Å². The van der Waals surface area contributed by atoms with Gasteiger partial charge in [0.1, 0.15) is 11.5 Å². The zero-order chi connectivity index (χ0) is 7.84. The van der Waals surface area contributed by atoms with Crippen molar-refractivity contribution in [2.24, 2.45) is 0 Å². The van der Waals surface area contributed by atoms with Crippen molar-refractivity contribution in [3.05, 3.63) is 34.6 Å². The normalized spacial score (nSPS) is 10.6. The summed E-state index contributed by atoms with van der Waals surface area (Å²) in [7, 11) is 0. The molecule has 2 aromatic heterocycles. The van der Waals surface area contributed by atoms with E-state index in [0.717, 1.165) is 5.65 Å². The molecule has 0 saturated carbocycles. The molecule has 0 aromatic carbocycles. The van der Waals surface area contributed by atoms with Crippen molar-refractivity contribution in [2.75, 3.05) is 0 Å². The van der Waals surface area contributed by atoms with Crippen LogP contribution in [0.2, 0.25) is 0 Å². The van der Waals surface area contributed by atoms with E-state index in [4.69, 9.17) is 0 Å². The van der Waals surface area contributed by atoms with Crippen molar-refractivity contribution in [3.8, 4) is 0 Å². The maximum Gasteiger partial charge on any atom is 0.275 e. The van der Waals surface area contributed by atoms with Crippen molar-refractivity contribution in [2.45, 2.75) is 6.92 Å². The maximum atomic E-state index is 10.9. The van der Waals surface area contributed by atoms with Gasteiger partial charge in [0.25, 0.3) is 5.56 Å². The summed E-state index contributed by atoms with van der Waals surface area (Å²) in [6, 6.07) is 1.47. The highest BCUT2D eigenvalue weighted by Crippen LogP contribution is 1.97. The van der Waals surface area contributed by atoms with Crippen molar-refractivity contribution in [1.29, 1.82) is 0 Å². The van der Waals surface area contributed by atoms with Gasteiger partial charge in [-0.3, -0.25) is 9.20 Å². The van der Waals surface area contributed by atoms with E-state index in [1.165, 1.54) is 6.07 Å². The number of imidazole rings is 1. The Morgan fingerprint density at radius 3 is 3.27 bits per heavy atom. The molecular weight excluding hydrogens is 142 g/mol. The van der Waals surface area contributed by atoms with Crippen LogP contribution in [0.25, 0.3) is 5.65 Å². The predicted molar refractivity (Wildman–Crippen MR) is 40.5 cm³/mol. The van der Waals surface area contributed by atoms with Gasteiger partial charge >= 0.3 is 0 Å². The molecule has 0 aliphatic carbocycles. The SMILES string of the molecule is Cc1nc(=O)cc2[nH]ccn12. The third kappa shape index (κ3) is 0.832. The second kappa shape index (κ2) is 1.95. The number of hydrogen-bond acceptors (Lipinski definition) is 2. The first-order valence-corrected chi connectivity index (χ1v) is 3.31. The lowest BCUT2D eigenvalue weighted by atomic mass is 10.5. The summed E-state index contributed by atoms with van der Waals surface area (Å²) in [4.78, 5) is 17.5. The highest BCUT2D eigenvalue weighted by Gasteiger charge is 1.96. The van der Waals surface area contributed by atoms with Gasteiger partial charge in [-0.05, 0) is 6.92 Å². The van der Waals surface area contributed by atoms with Crippen molar-refractivity contribution in [3.63, 3.8) is 0 Å². The monoisotopic (exact) mass is 149 g/mol. The van der Waals surface area contributed by atoms with Gasteiger partial charge in [-0.15, -0.1) is 0 Å². The molecule has 0 spiro atoms. The van der Waals surface area contributed by atoms with Crippen LogP contribution in [0.3, 0.4) is 0 Å². The first-order chi connectivity index (χ1) is 5.27. The summed E-state index contributed by atoms with van der Waals surface area (Å²) in [5.41, 5.74) is 0.576. The molecule has 0 unspecified atom stereocenters. The predicted octanol–water partition coefficient (Wildman–Crippen LogP) is 0.331. The van der Waals surface area contributed by atoms with Crippen LogP contribution >= 0.6 is 0 Å². The van der Waals surface area contributed by atoms with E-state index >= 15 is 0 Å². The fraction of sp³-hybridized carbons (Fsp3) is 0.143. The zero-order valence-electron chi connectivity index (χ0n) is 6.03. The molecule has 0 bridgehead atoms. The van der Waals surface area contributed by atoms with Gasteiger partial charge in [0.15, 0.2) is 0 Å². The molecule has 2 rings (SSSR count). The zero-order valence-corrected chi connectivity index (χ0v) is 6.03. The fourth-order valence-corrected chi connectivity index (χ4v) is 1.10. The minimum atomic E-state index is -0.204. The third-order valence-corrected chi connectivity index (χ3v) is 1.60. The van der Waals surface area contributed by atoms with Gasteiger partial charge in [0, 0.05) is 18.5 Å². The lowest BCUT2D eigenvalue weighted by Crippen LogP contribution is -2.09. The Balaban J connectivity index is 3.02. The Morgan fingerprint density at radius 1 is 1.64 bits per heavy atom. The smallest absolute Gasteiger partial charge is 0.275 e. The largest absolute Gasteiger partial charge is 0.346 e. The van der Waals surface area contributed by atoms with Crippen molar-refractivity contribution >= 4 is 5.65 Å². The van der Waals surface area contributed by atoms with E-state index in [1.54, 1.807) is 13.1 Å². The van der Waals surface area contributed by atoms with Crippen LogP contribution < -0.4 is 5.56 Å². The molecule has 4 nitrogen and oxygen atoms in total. The molecule has 0 saturated heterocycles. The van der Waals surface area contributed by atoms with Crippen LogP contribution in [0.15, 0.2) is 23.3 Å². The molecule has 0 aliphatic heterocycles. The summed E-state index contributed by atoms with van der Waals surface area (Å²) < 4.78 is 1.82. The second-order valence-corrected chi connectivity index (χ2v) is 2.36. The van der Waals surface area contributed by atoms with E-state index in [-0.39, 0.29) is 5.56 Å². The summed E-state index contributed by atoms with van der Waals surface area (Å²) in [5, 5.41) is 0. The van der Waals surface area contributed by atoms with E-state index in [2.05, 4.69) is 9.97 Å². The number of rotatable bonds is 0. The molecule has 2 heterocycles. The summed E-state index contributed by atoms with van der Waals surface area (Å²) >= 11 is 0. The molecule has 0 radical (unpaired) electrons. The van der Waals surface area contributed by atoms with Crippen LogP contribution in [0.5, 0.6) is 0 Å². The molecule has 0 aliphatic rings.